The smallest absolute Gasteiger partial charge is 0.227 e. The van der Waals surface area contributed by atoms with Gasteiger partial charge in [0.05, 0.1) is 26.7 Å². The zero-order valence-corrected chi connectivity index (χ0v) is 15.4. The molecule has 1 aliphatic carbocycles. The second-order valence-corrected chi connectivity index (χ2v) is 6.60. The van der Waals surface area contributed by atoms with Crippen molar-refractivity contribution in [1.29, 1.82) is 0 Å². The number of hydrogen-bond acceptors (Lipinski definition) is 3. The average molecular weight is 357 g/mol. The number of amides is 1. The molecule has 1 aliphatic rings. The fourth-order valence-corrected chi connectivity index (χ4v) is 3.31. The summed E-state index contributed by atoms with van der Waals surface area (Å²) in [6.45, 7) is 1.89. The van der Waals surface area contributed by atoms with Crippen molar-refractivity contribution in [3.63, 3.8) is 0 Å². The van der Waals surface area contributed by atoms with E-state index in [2.05, 4.69) is 0 Å². The second-order valence-electron chi connectivity index (χ2n) is 6.60. The molecule has 2 aromatic carbocycles. The lowest BCUT2D eigenvalue weighted by Gasteiger charge is -2.30. The van der Waals surface area contributed by atoms with Crippen LogP contribution in [0.25, 0.3) is 0 Å². The van der Waals surface area contributed by atoms with Crippen molar-refractivity contribution in [2.75, 3.05) is 14.2 Å². The zero-order valence-electron chi connectivity index (χ0n) is 15.4. The SMILES string of the molecule is COc1ccc(CC(=O)N(C2CC2)C(C)c2ccccc2F)cc1OC. The van der Waals surface area contributed by atoms with Crippen LogP contribution in [-0.2, 0) is 11.2 Å². The Kier molecular flexibility index (Phi) is 5.45. The quantitative estimate of drug-likeness (QED) is 0.748. The summed E-state index contributed by atoms with van der Waals surface area (Å²) in [6.07, 6.45) is 2.18. The lowest BCUT2D eigenvalue weighted by molar-refractivity contribution is -0.133. The molecule has 5 heteroatoms. The molecule has 0 aromatic heterocycles. The number of halogens is 1. The second kappa shape index (κ2) is 7.77. The van der Waals surface area contributed by atoms with E-state index in [-0.39, 0.29) is 30.2 Å². The predicted octanol–water partition coefficient (Wildman–Crippen LogP) is 4.14. The monoisotopic (exact) mass is 357 g/mol. The number of carbonyl (C=O) groups is 1. The summed E-state index contributed by atoms with van der Waals surface area (Å²) >= 11 is 0. The normalized spacial score (nSPS) is 14.6. The van der Waals surface area contributed by atoms with E-state index < -0.39 is 0 Å². The van der Waals surface area contributed by atoms with Crippen LogP contribution in [0.4, 0.5) is 4.39 Å². The molecule has 138 valence electrons. The van der Waals surface area contributed by atoms with E-state index >= 15 is 0 Å². The van der Waals surface area contributed by atoms with Gasteiger partial charge >= 0.3 is 0 Å². The molecule has 1 amide bonds. The summed E-state index contributed by atoms with van der Waals surface area (Å²) in [7, 11) is 3.15. The van der Waals surface area contributed by atoms with Gasteiger partial charge in [-0.2, -0.15) is 0 Å². The Morgan fingerprint density at radius 1 is 1.15 bits per heavy atom. The van der Waals surface area contributed by atoms with Crippen LogP contribution in [0.5, 0.6) is 11.5 Å². The Hall–Kier alpha value is -2.56. The molecule has 1 atom stereocenters. The maximum atomic E-state index is 14.2. The van der Waals surface area contributed by atoms with Gasteiger partial charge in [0.1, 0.15) is 5.82 Å². The van der Waals surface area contributed by atoms with Crippen LogP contribution in [0.1, 0.15) is 36.9 Å². The third kappa shape index (κ3) is 3.82. The van der Waals surface area contributed by atoms with Crippen molar-refractivity contribution < 1.29 is 18.7 Å². The van der Waals surface area contributed by atoms with Gasteiger partial charge in [-0.05, 0) is 43.5 Å². The van der Waals surface area contributed by atoms with E-state index in [1.54, 1.807) is 38.5 Å². The highest BCUT2D eigenvalue weighted by molar-refractivity contribution is 5.80. The maximum absolute atomic E-state index is 14.2. The van der Waals surface area contributed by atoms with Gasteiger partial charge in [-0.1, -0.05) is 24.3 Å². The highest BCUT2D eigenvalue weighted by Crippen LogP contribution is 2.36. The molecular formula is C21H24FNO3. The molecule has 0 aliphatic heterocycles. The number of nitrogens with zero attached hydrogens (tertiary/aromatic N) is 1. The lowest BCUT2D eigenvalue weighted by Crippen LogP contribution is -2.37. The minimum atomic E-state index is -0.295. The molecule has 1 fully saturated rings. The molecule has 1 saturated carbocycles. The van der Waals surface area contributed by atoms with Crippen molar-refractivity contribution in [3.05, 3.63) is 59.4 Å². The van der Waals surface area contributed by atoms with Crippen molar-refractivity contribution in [2.24, 2.45) is 0 Å². The van der Waals surface area contributed by atoms with E-state index in [0.29, 0.717) is 17.1 Å². The molecule has 0 radical (unpaired) electrons. The van der Waals surface area contributed by atoms with E-state index in [4.69, 9.17) is 9.47 Å². The highest BCUT2D eigenvalue weighted by Gasteiger charge is 2.36. The minimum Gasteiger partial charge on any atom is -0.493 e. The summed E-state index contributed by atoms with van der Waals surface area (Å²) in [6, 6.07) is 12.0. The third-order valence-electron chi connectivity index (χ3n) is 4.80. The van der Waals surface area contributed by atoms with Gasteiger partial charge in [-0.3, -0.25) is 4.79 Å². The van der Waals surface area contributed by atoms with Gasteiger partial charge in [-0.25, -0.2) is 4.39 Å². The van der Waals surface area contributed by atoms with Gasteiger partial charge in [0, 0.05) is 11.6 Å². The molecule has 0 heterocycles. The van der Waals surface area contributed by atoms with Crippen molar-refractivity contribution in [1.82, 2.24) is 4.90 Å². The molecule has 0 spiro atoms. The number of benzene rings is 2. The molecular weight excluding hydrogens is 333 g/mol. The molecule has 26 heavy (non-hydrogen) atoms. The minimum absolute atomic E-state index is 0.00419. The fraction of sp³-hybridized carbons (Fsp3) is 0.381. The average Bonchev–Trinajstić information content (AvgIpc) is 3.47. The van der Waals surface area contributed by atoms with E-state index in [0.717, 1.165) is 18.4 Å². The Balaban J connectivity index is 1.81. The first-order valence-electron chi connectivity index (χ1n) is 8.81. The third-order valence-corrected chi connectivity index (χ3v) is 4.80. The number of methoxy groups -OCH3 is 2. The van der Waals surface area contributed by atoms with Gasteiger partial charge in [0.15, 0.2) is 11.5 Å². The van der Waals surface area contributed by atoms with Crippen molar-refractivity contribution in [2.45, 2.75) is 38.3 Å². The fourth-order valence-electron chi connectivity index (χ4n) is 3.31. The molecule has 1 unspecified atom stereocenters. The first kappa shape index (κ1) is 18.2. The molecule has 2 aromatic rings. The Morgan fingerprint density at radius 3 is 2.46 bits per heavy atom. The summed E-state index contributed by atoms with van der Waals surface area (Å²) in [5.74, 6) is 0.945. The van der Waals surface area contributed by atoms with Gasteiger partial charge in [-0.15, -0.1) is 0 Å². The lowest BCUT2D eigenvalue weighted by atomic mass is 10.0. The van der Waals surface area contributed by atoms with Crippen LogP contribution in [-0.4, -0.2) is 31.1 Å². The van der Waals surface area contributed by atoms with Crippen LogP contribution in [0.15, 0.2) is 42.5 Å². The van der Waals surface area contributed by atoms with Gasteiger partial charge in [0.2, 0.25) is 5.91 Å². The van der Waals surface area contributed by atoms with E-state index in [1.807, 2.05) is 24.0 Å². The maximum Gasteiger partial charge on any atom is 0.227 e. The zero-order chi connectivity index (χ0) is 18.7. The van der Waals surface area contributed by atoms with Crippen molar-refractivity contribution >= 4 is 5.91 Å². The first-order chi connectivity index (χ1) is 12.5. The number of ether oxygens (including phenoxy) is 2. The van der Waals surface area contributed by atoms with E-state index in [1.165, 1.54) is 6.07 Å². The number of hydrogen-bond donors (Lipinski definition) is 0. The summed E-state index contributed by atoms with van der Waals surface area (Å²) in [4.78, 5) is 14.8. The number of carbonyl (C=O) groups excluding carboxylic acids is 1. The van der Waals surface area contributed by atoms with Crippen LogP contribution < -0.4 is 9.47 Å². The summed E-state index contributed by atoms with van der Waals surface area (Å²) < 4.78 is 24.7. The van der Waals surface area contributed by atoms with Crippen molar-refractivity contribution in [3.8, 4) is 11.5 Å². The molecule has 4 nitrogen and oxygen atoms in total. The highest BCUT2D eigenvalue weighted by atomic mass is 19.1. The van der Waals surface area contributed by atoms with Crippen LogP contribution in [0.2, 0.25) is 0 Å². The Labute approximate surface area is 153 Å². The molecule has 0 saturated heterocycles. The summed E-state index contributed by atoms with van der Waals surface area (Å²) in [5.41, 5.74) is 1.40. The topological polar surface area (TPSA) is 38.8 Å². The molecule has 3 rings (SSSR count). The van der Waals surface area contributed by atoms with Gasteiger partial charge in [0.25, 0.3) is 0 Å². The van der Waals surface area contributed by atoms with Crippen LogP contribution in [0.3, 0.4) is 0 Å². The first-order valence-corrected chi connectivity index (χ1v) is 8.81. The van der Waals surface area contributed by atoms with E-state index in [9.17, 15) is 9.18 Å². The standard InChI is InChI=1S/C21H24FNO3/c1-14(17-6-4-5-7-18(17)22)23(16-9-10-16)21(24)13-15-8-11-19(25-2)20(12-15)26-3/h4-8,11-12,14,16H,9-10,13H2,1-3H3. The Bertz CT molecular complexity index is 789. The van der Waals surface area contributed by atoms with Crippen LogP contribution >= 0.6 is 0 Å². The van der Waals surface area contributed by atoms with Crippen LogP contribution in [0, 0.1) is 5.82 Å². The molecule has 0 N–H and O–H groups in total. The number of rotatable bonds is 7. The summed E-state index contributed by atoms with van der Waals surface area (Å²) in [5, 5.41) is 0. The largest absolute Gasteiger partial charge is 0.493 e. The Morgan fingerprint density at radius 2 is 1.85 bits per heavy atom. The molecule has 0 bridgehead atoms. The van der Waals surface area contributed by atoms with Gasteiger partial charge < -0.3 is 14.4 Å². The predicted molar refractivity (Wildman–Crippen MR) is 97.9 cm³/mol.